The first-order valence-electron chi connectivity index (χ1n) is 8.01. The van der Waals surface area contributed by atoms with Gasteiger partial charge in [-0.2, -0.15) is 0 Å². The van der Waals surface area contributed by atoms with E-state index < -0.39 is 9.84 Å². The maximum absolute atomic E-state index is 13.2. The van der Waals surface area contributed by atoms with Gasteiger partial charge in [-0.3, -0.25) is 9.80 Å². The molecular formula is C18H17ClN2O3S. The maximum atomic E-state index is 13.2. The summed E-state index contributed by atoms with van der Waals surface area (Å²) in [5, 5.41) is 0.571. The van der Waals surface area contributed by atoms with Crippen molar-refractivity contribution in [3.8, 4) is 0 Å². The number of anilines is 2. The second-order valence-corrected chi connectivity index (χ2v) is 9.14. The van der Waals surface area contributed by atoms with Crippen LogP contribution in [-0.4, -0.2) is 38.0 Å². The minimum Gasteiger partial charge on any atom is -0.288 e. The summed E-state index contributed by atoms with van der Waals surface area (Å²) in [5.41, 5.74) is 2.41. The summed E-state index contributed by atoms with van der Waals surface area (Å²) in [4.78, 5) is 16.4. The number of sulfone groups is 1. The number of carbonyl (C=O) groups is 1. The molecule has 2 fully saturated rings. The number of urea groups is 1. The van der Waals surface area contributed by atoms with E-state index in [-0.39, 0.29) is 29.6 Å². The van der Waals surface area contributed by atoms with Gasteiger partial charge in [0.15, 0.2) is 9.84 Å². The summed E-state index contributed by atoms with van der Waals surface area (Å²) >= 11 is 5.94. The summed E-state index contributed by atoms with van der Waals surface area (Å²) < 4.78 is 24.5. The van der Waals surface area contributed by atoms with E-state index in [1.807, 2.05) is 31.2 Å². The highest BCUT2D eigenvalue weighted by molar-refractivity contribution is 7.91. The van der Waals surface area contributed by atoms with Gasteiger partial charge in [0.05, 0.1) is 23.6 Å². The van der Waals surface area contributed by atoms with Crippen LogP contribution < -0.4 is 9.80 Å². The van der Waals surface area contributed by atoms with Gasteiger partial charge in [0.25, 0.3) is 0 Å². The standard InChI is InChI=1S/C18H17ClN2O3S/c1-12-3-2-4-15(9-12)21-17-11-25(23,24)10-16(17)20(18(21)22)14-7-5-13(19)6-8-14/h2-9,16-17H,10-11H2,1H3. The van der Waals surface area contributed by atoms with Crippen LogP contribution in [0, 0.1) is 6.92 Å². The Morgan fingerprint density at radius 2 is 1.56 bits per heavy atom. The molecule has 0 N–H and O–H groups in total. The number of hydrogen-bond donors (Lipinski definition) is 0. The summed E-state index contributed by atoms with van der Waals surface area (Å²) in [7, 11) is -3.19. The molecule has 2 aromatic rings. The third kappa shape index (κ3) is 2.79. The summed E-state index contributed by atoms with van der Waals surface area (Å²) in [6, 6.07) is 13.5. The Kier molecular flexibility index (Phi) is 3.77. The molecule has 2 amide bonds. The number of benzene rings is 2. The van der Waals surface area contributed by atoms with Crippen molar-refractivity contribution in [2.45, 2.75) is 19.0 Å². The number of fused-ring (bicyclic) bond motifs is 1. The summed E-state index contributed by atoms with van der Waals surface area (Å²) in [5.74, 6) is -0.0320. The van der Waals surface area contributed by atoms with Gasteiger partial charge in [-0.25, -0.2) is 13.2 Å². The number of nitrogens with zero attached hydrogens (tertiary/aromatic N) is 2. The molecule has 7 heteroatoms. The normalized spacial score (nSPS) is 24.6. The van der Waals surface area contributed by atoms with Crippen LogP contribution in [0.3, 0.4) is 0 Å². The van der Waals surface area contributed by atoms with E-state index in [0.717, 1.165) is 11.3 Å². The Morgan fingerprint density at radius 1 is 0.960 bits per heavy atom. The molecule has 0 aliphatic carbocycles. The van der Waals surface area contributed by atoms with Crippen LogP contribution in [0.2, 0.25) is 5.02 Å². The number of rotatable bonds is 2. The van der Waals surface area contributed by atoms with Crippen LogP contribution in [0.4, 0.5) is 16.2 Å². The first-order chi connectivity index (χ1) is 11.9. The van der Waals surface area contributed by atoms with Crippen molar-refractivity contribution in [3.63, 3.8) is 0 Å². The molecule has 2 saturated heterocycles. The van der Waals surface area contributed by atoms with Crippen molar-refractivity contribution in [1.29, 1.82) is 0 Å². The molecular weight excluding hydrogens is 360 g/mol. The topological polar surface area (TPSA) is 57.7 Å². The predicted octanol–water partition coefficient (Wildman–Crippen LogP) is 3.26. The SMILES string of the molecule is Cc1cccc(N2C(=O)N(c3ccc(Cl)cc3)C3CS(=O)(=O)CC32)c1. The molecule has 4 rings (SSSR count). The van der Waals surface area contributed by atoms with Gasteiger partial charge in [-0.05, 0) is 48.9 Å². The van der Waals surface area contributed by atoms with Crippen molar-refractivity contribution < 1.29 is 13.2 Å². The van der Waals surface area contributed by atoms with Crippen molar-refractivity contribution >= 4 is 38.8 Å². The van der Waals surface area contributed by atoms with Gasteiger partial charge in [0, 0.05) is 16.4 Å². The van der Waals surface area contributed by atoms with Crippen molar-refractivity contribution in [2.75, 3.05) is 21.3 Å². The van der Waals surface area contributed by atoms with Gasteiger partial charge in [0.1, 0.15) is 0 Å². The molecule has 25 heavy (non-hydrogen) atoms. The smallest absolute Gasteiger partial charge is 0.288 e. The average Bonchev–Trinajstić information content (AvgIpc) is 2.97. The zero-order chi connectivity index (χ0) is 17.8. The highest BCUT2D eigenvalue weighted by Gasteiger charge is 2.54. The fourth-order valence-electron chi connectivity index (χ4n) is 3.69. The van der Waals surface area contributed by atoms with Gasteiger partial charge in [-0.1, -0.05) is 23.7 Å². The summed E-state index contributed by atoms with van der Waals surface area (Å²) in [6.07, 6.45) is 0. The monoisotopic (exact) mass is 376 g/mol. The molecule has 0 radical (unpaired) electrons. The molecule has 130 valence electrons. The predicted molar refractivity (Wildman–Crippen MR) is 99.2 cm³/mol. The van der Waals surface area contributed by atoms with Crippen LogP contribution in [0.25, 0.3) is 0 Å². The third-order valence-corrected chi connectivity index (χ3v) is 6.70. The molecule has 5 nitrogen and oxygen atoms in total. The van der Waals surface area contributed by atoms with Crippen molar-refractivity contribution in [1.82, 2.24) is 0 Å². The number of hydrogen-bond acceptors (Lipinski definition) is 3. The van der Waals surface area contributed by atoms with E-state index in [2.05, 4.69) is 0 Å². The first-order valence-corrected chi connectivity index (χ1v) is 10.2. The Labute approximate surface area is 151 Å². The van der Waals surface area contributed by atoms with Gasteiger partial charge >= 0.3 is 6.03 Å². The Morgan fingerprint density at radius 3 is 2.16 bits per heavy atom. The zero-order valence-electron chi connectivity index (χ0n) is 13.6. The van der Waals surface area contributed by atoms with Gasteiger partial charge in [0.2, 0.25) is 0 Å². The average molecular weight is 377 g/mol. The lowest BCUT2D eigenvalue weighted by molar-refractivity contribution is 0.255. The van der Waals surface area contributed by atoms with Gasteiger partial charge < -0.3 is 0 Å². The number of amides is 2. The minimum atomic E-state index is -3.19. The van der Waals surface area contributed by atoms with E-state index in [0.29, 0.717) is 10.7 Å². The summed E-state index contributed by atoms with van der Waals surface area (Å²) in [6.45, 7) is 1.95. The molecule has 2 heterocycles. The second-order valence-electron chi connectivity index (χ2n) is 6.55. The lowest BCUT2D eigenvalue weighted by atomic mass is 10.1. The fourth-order valence-corrected chi connectivity index (χ4v) is 5.73. The van der Waals surface area contributed by atoms with Gasteiger partial charge in [-0.15, -0.1) is 0 Å². The highest BCUT2D eigenvalue weighted by atomic mass is 35.5. The minimum absolute atomic E-state index is 0.0125. The number of carbonyl (C=O) groups excluding carboxylic acids is 1. The molecule has 0 saturated carbocycles. The van der Waals surface area contributed by atoms with Crippen LogP contribution in [0.1, 0.15) is 5.56 Å². The largest absolute Gasteiger partial charge is 0.329 e. The molecule has 2 unspecified atom stereocenters. The maximum Gasteiger partial charge on any atom is 0.329 e. The molecule has 0 aromatic heterocycles. The zero-order valence-corrected chi connectivity index (χ0v) is 15.2. The van der Waals surface area contributed by atoms with Crippen LogP contribution in [0.15, 0.2) is 48.5 Å². The molecule has 0 bridgehead atoms. The molecule has 0 spiro atoms. The van der Waals surface area contributed by atoms with Crippen LogP contribution in [0.5, 0.6) is 0 Å². The quantitative estimate of drug-likeness (QED) is 0.756. The van der Waals surface area contributed by atoms with E-state index in [9.17, 15) is 13.2 Å². The fraction of sp³-hybridized carbons (Fsp3) is 0.278. The van der Waals surface area contributed by atoms with E-state index in [1.54, 1.807) is 34.1 Å². The number of aryl methyl sites for hydroxylation is 1. The Hall–Kier alpha value is -2.05. The Bertz CT molecular complexity index is 943. The lowest BCUT2D eigenvalue weighted by Gasteiger charge is -2.23. The van der Waals surface area contributed by atoms with Crippen LogP contribution >= 0.6 is 11.6 Å². The molecule has 2 atom stereocenters. The Balaban J connectivity index is 1.81. The molecule has 2 aromatic carbocycles. The third-order valence-electron chi connectivity index (χ3n) is 4.75. The van der Waals surface area contributed by atoms with Crippen LogP contribution in [-0.2, 0) is 9.84 Å². The highest BCUT2D eigenvalue weighted by Crippen LogP contribution is 2.38. The molecule has 2 aliphatic heterocycles. The van der Waals surface area contributed by atoms with Crippen molar-refractivity contribution in [2.24, 2.45) is 0 Å². The first kappa shape index (κ1) is 16.4. The lowest BCUT2D eigenvalue weighted by Crippen LogP contribution is -2.37. The van der Waals surface area contributed by atoms with Crippen molar-refractivity contribution in [3.05, 3.63) is 59.1 Å². The van der Waals surface area contributed by atoms with E-state index >= 15 is 0 Å². The van der Waals surface area contributed by atoms with E-state index in [1.165, 1.54) is 0 Å². The van der Waals surface area contributed by atoms with E-state index in [4.69, 9.17) is 11.6 Å². The number of halogens is 1. The second kappa shape index (κ2) is 5.75. The molecule has 2 aliphatic rings.